The molecule has 2 aromatic rings. The van der Waals surface area contributed by atoms with Gasteiger partial charge in [-0.25, -0.2) is 0 Å². The zero-order valence-electron chi connectivity index (χ0n) is 8.18. The molecule has 15 heavy (non-hydrogen) atoms. The average Bonchev–Trinajstić information content (AvgIpc) is 2.32. The summed E-state index contributed by atoms with van der Waals surface area (Å²) >= 11 is 0. The van der Waals surface area contributed by atoms with E-state index in [0.717, 1.165) is 0 Å². The molecule has 0 unspecified atom stereocenters. The van der Waals surface area contributed by atoms with Crippen molar-refractivity contribution in [2.24, 2.45) is 0 Å². The van der Waals surface area contributed by atoms with Gasteiger partial charge in [0, 0.05) is 0 Å². The molecule has 0 aromatic heterocycles. The lowest BCUT2D eigenvalue weighted by molar-refractivity contribution is 0.690. The minimum absolute atomic E-state index is 1.28. The van der Waals surface area contributed by atoms with Crippen LogP contribution in [0.15, 0.2) is 60.7 Å². The summed E-state index contributed by atoms with van der Waals surface area (Å²) in [6.45, 7) is 0. The first kappa shape index (κ1) is 11.9. The van der Waals surface area contributed by atoms with Crippen LogP contribution in [-0.2, 0) is 4.12 Å². The fourth-order valence-electron chi connectivity index (χ4n) is 1.26. The first-order valence-corrected chi connectivity index (χ1v) is 5.30. The molecule has 0 fully saturated rings. The van der Waals surface area contributed by atoms with Crippen molar-refractivity contribution in [1.82, 2.24) is 0 Å². The van der Waals surface area contributed by atoms with Crippen molar-refractivity contribution < 1.29 is 4.12 Å². The number of benzene rings is 2. The van der Waals surface area contributed by atoms with Gasteiger partial charge in [0.1, 0.15) is 0 Å². The maximum absolute atomic E-state index is 3.86. The molecule has 0 saturated heterocycles. The molecule has 0 aliphatic rings. The zero-order valence-corrected chi connectivity index (χ0v) is 10.2. The van der Waals surface area contributed by atoms with Gasteiger partial charge >= 0.3 is 0 Å². The number of hydrogen-bond acceptors (Lipinski definition) is 1. The van der Waals surface area contributed by atoms with E-state index in [0.29, 0.717) is 0 Å². The van der Waals surface area contributed by atoms with Crippen molar-refractivity contribution in [3.63, 3.8) is 0 Å². The molecule has 6 radical (unpaired) electrons. The van der Waals surface area contributed by atoms with Gasteiger partial charge in [-0.2, -0.15) is 0 Å². The molecule has 0 aliphatic carbocycles. The molecular weight excluding hydrogens is 216 g/mol. The lowest BCUT2D eigenvalue weighted by atomic mass is 10.1. The van der Waals surface area contributed by atoms with Crippen LogP contribution in [0.2, 0.25) is 0 Å². The molecule has 0 heterocycles. The lowest BCUT2D eigenvalue weighted by Crippen LogP contribution is -1.73. The van der Waals surface area contributed by atoms with Crippen LogP contribution in [0, 0.1) is 0 Å². The van der Waals surface area contributed by atoms with Crippen LogP contribution in [0.5, 0.6) is 0 Å². The Morgan fingerprint density at radius 3 is 1.13 bits per heavy atom. The van der Waals surface area contributed by atoms with Gasteiger partial charge in [-0.15, -0.1) is 0 Å². The third-order valence-electron chi connectivity index (χ3n) is 1.88. The topological polar surface area (TPSA) is 9.23 Å². The van der Waals surface area contributed by atoms with Crippen molar-refractivity contribution >= 4 is 21.0 Å². The van der Waals surface area contributed by atoms with E-state index in [4.69, 9.17) is 0 Å². The maximum Gasteiger partial charge on any atom is 0.229 e. The highest BCUT2D eigenvalue weighted by Crippen LogP contribution is 2.17. The monoisotopic (exact) mass is 226 g/mol. The van der Waals surface area contributed by atoms with Gasteiger partial charge in [0.05, 0.1) is 0 Å². The Morgan fingerprint density at radius 2 is 0.867 bits per heavy atom. The summed E-state index contributed by atoms with van der Waals surface area (Å²) in [6.07, 6.45) is 0. The van der Waals surface area contributed by atoms with Crippen molar-refractivity contribution in [1.29, 1.82) is 0 Å². The van der Waals surface area contributed by atoms with Crippen molar-refractivity contribution in [2.45, 2.75) is 0 Å². The van der Waals surface area contributed by atoms with Gasteiger partial charge in [0.2, 0.25) is 21.0 Å². The molecule has 2 aromatic carbocycles. The van der Waals surface area contributed by atoms with Crippen LogP contribution in [0.25, 0.3) is 11.1 Å². The van der Waals surface area contributed by atoms with Crippen LogP contribution in [0.3, 0.4) is 0 Å². The Labute approximate surface area is 97.2 Å². The quantitative estimate of drug-likeness (QED) is 0.679. The third-order valence-corrected chi connectivity index (χ3v) is 1.88. The van der Waals surface area contributed by atoms with E-state index in [1.54, 1.807) is 0 Å². The largest absolute Gasteiger partial charge is 0.458 e. The SMILES string of the molecule is [Si]O[Si].c1ccc(-c2ccccc2)cc1. The smallest absolute Gasteiger partial charge is 0.229 e. The standard InChI is InChI=1S/C12H10.OSi2/c1-3-7-11(8-4-1)12-9-5-2-6-10-12;2-1-3/h1-10H;. The second kappa shape index (κ2) is 7.17. The van der Waals surface area contributed by atoms with Crippen LogP contribution in [0.1, 0.15) is 0 Å². The lowest BCUT2D eigenvalue weighted by Gasteiger charge is -1.98. The highest BCUT2D eigenvalue weighted by molar-refractivity contribution is 6.15. The van der Waals surface area contributed by atoms with Crippen LogP contribution in [0.4, 0.5) is 0 Å². The summed E-state index contributed by atoms with van der Waals surface area (Å²) in [4.78, 5) is 0. The van der Waals surface area contributed by atoms with Crippen LogP contribution >= 0.6 is 0 Å². The molecule has 0 amide bonds. The van der Waals surface area contributed by atoms with Gasteiger partial charge in [0.15, 0.2) is 0 Å². The Hall–Kier alpha value is -1.17. The molecule has 72 valence electrons. The minimum atomic E-state index is 1.28. The molecule has 0 bridgehead atoms. The summed E-state index contributed by atoms with van der Waals surface area (Å²) in [7, 11) is 5.19. The Morgan fingerprint density at radius 1 is 0.600 bits per heavy atom. The van der Waals surface area contributed by atoms with E-state index in [1.165, 1.54) is 11.1 Å². The first-order chi connectivity index (χ1) is 7.38. The summed E-state index contributed by atoms with van der Waals surface area (Å²) in [5, 5.41) is 0. The van der Waals surface area contributed by atoms with E-state index >= 15 is 0 Å². The first-order valence-electron chi connectivity index (χ1n) is 4.48. The Kier molecular flexibility index (Phi) is 5.69. The molecule has 0 aliphatic heterocycles. The fraction of sp³-hybridized carbons (Fsp3) is 0. The summed E-state index contributed by atoms with van der Waals surface area (Å²) < 4.78 is 3.86. The predicted octanol–water partition coefficient (Wildman–Crippen LogP) is 2.52. The molecule has 0 N–H and O–H groups in total. The average molecular weight is 226 g/mol. The minimum Gasteiger partial charge on any atom is -0.458 e. The fourth-order valence-corrected chi connectivity index (χ4v) is 1.26. The van der Waals surface area contributed by atoms with E-state index < -0.39 is 0 Å². The van der Waals surface area contributed by atoms with Crippen molar-refractivity contribution in [3.8, 4) is 11.1 Å². The number of hydrogen-bond donors (Lipinski definition) is 0. The van der Waals surface area contributed by atoms with Crippen LogP contribution in [-0.4, -0.2) is 21.0 Å². The van der Waals surface area contributed by atoms with E-state index in [-0.39, 0.29) is 0 Å². The third kappa shape index (κ3) is 4.25. The second-order valence-electron chi connectivity index (χ2n) is 2.83. The summed E-state index contributed by atoms with van der Waals surface area (Å²) in [6, 6.07) is 20.8. The highest BCUT2D eigenvalue weighted by atomic mass is 28.3. The molecular formula is C12H10OSi2. The normalized spacial score (nSPS) is 8.93. The van der Waals surface area contributed by atoms with Gasteiger partial charge < -0.3 is 4.12 Å². The maximum atomic E-state index is 3.86. The molecule has 3 heteroatoms. The van der Waals surface area contributed by atoms with Gasteiger partial charge in [-0.05, 0) is 11.1 Å². The van der Waals surface area contributed by atoms with Crippen molar-refractivity contribution in [2.75, 3.05) is 0 Å². The van der Waals surface area contributed by atoms with Gasteiger partial charge in [0.25, 0.3) is 0 Å². The summed E-state index contributed by atoms with van der Waals surface area (Å²) in [5.74, 6) is 0. The molecule has 0 spiro atoms. The molecule has 0 saturated carbocycles. The van der Waals surface area contributed by atoms with Gasteiger partial charge in [-0.3, -0.25) is 0 Å². The molecule has 1 nitrogen and oxygen atoms in total. The van der Waals surface area contributed by atoms with E-state index in [1.807, 2.05) is 12.1 Å². The predicted molar refractivity (Wildman–Crippen MR) is 64.5 cm³/mol. The van der Waals surface area contributed by atoms with Crippen molar-refractivity contribution in [3.05, 3.63) is 60.7 Å². The number of rotatable bonds is 1. The highest BCUT2D eigenvalue weighted by Gasteiger charge is 1.91. The van der Waals surface area contributed by atoms with E-state index in [2.05, 4.69) is 73.6 Å². The Balaban J connectivity index is 0.000000337. The molecule has 0 atom stereocenters. The van der Waals surface area contributed by atoms with Crippen LogP contribution < -0.4 is 0 Å². The second-order valence-corrected chi connectivity index (χ2v) is 3.65. The van der Waals surface area contributed by atoms with E-state index in [9.17, 15) is 0 Å². The summed E-state index contributed by atoms with van der Waals surface area (Å²) in [5.41, 5.74) is 2.55. The van der Waals surface area contributed by atoms with Gasteiger partial charge in [-0.1, -0.05) is 60.7 Å². The molecule has 2 rings (SSSR count). The Bertz CT molecular complexity index is 324. The zero-order chi connectivity index (χ0) is 10.9.